The molecule has 0 aromatic rings. The highest BCUT2D eigenvalue weighted by Gasteiger charge is 2.13. The van der Waals surface area contributed by atoms with Crippen LogP contribution in [0.2, 0.25) is 0 Å². The molecule has 0 amide bonds. The topological polar surface area (TPSA) is 228 Å². The SMILES string of the molecule is Cl.Cl.Cl.Cl.Cl.Cl.Cl.Cl.Cl.Cl.Cl.Cl.Cl.Cl.NCCCN(CCCN)CCCN(CCCCN(CCCN(CCCN)CCCN)CCCN(CCCN)CCCN)CCCN(CCCN)CCCN. The quantitative estimate of drug-likeness (QED) is 0.0336. The summed E-state index contributed by atoms with van der Waals surface area (Å²) >= 11 is 0. The second-order valence-electron chi connectivity index (χ2n) is 15.3. The maximum atomic E-state index is 5.86. The van der Waals surface area contributed by atoms with Crippen molar-refractivity contribution in [2.24, 2.45) is 45.9 Å². The molecule has 0 saturated heterocycles. The second kappa shape index (κ2) is 90.0. The fourth-order valence-electron chi connectivity index (χ4n) is 7.27. The number of unbranched alkanes of at least 4 members (excludes halogenated alkanes) is 1. The predicted molar refractivity (Wildman–Crippen MR) is 337 cm³/mol. The molecule has 0 aromatic heterocycles. The first-order valence-electron chi connectivity index (χ1n) is 22.5. The Balaban J connectivity index is -0.000000154. The Bertz CT molecular complexity index is 632. The first-order valence-corrected chi connectivity index (χ1v) is 22.5. The molecule has 0 saturated carbocycles. The summed E-state index contributed by atoms with van der Waals surface area (Å²) in [7, 11) is 0. The van der Waals surface area contributed by atoms with Crippen LogP contribution in [0.5, 0.6) is 0 Å². The average Bonchev–Trinajstić information content (AvgIpc) is 3.18. The molecule has 0 aromatic carbocycles. The maximum absolute atomic E-state index is 5.86. The third-order valence-corrected chi connectivity index (χ3v) is 10.4. The van der Waals surface area contributed by atoms with Crippen molar-refractivity contribution in [3.8, 4) is 0 Å². The van der Waals surface area contributed by atoms with Crippen LogP contribution in [0.15, 0.2) is 0 Å². The lowest BCUT2D eigenvalue weighted by Gasteiger charge is -2.29. The van der Waals surface area contributed by atoms with Crippen molar-refractivity contribution in [2.45, 2.75) is 89.9 Å². The number of hydrogen-bond acceptors (Lipinski definition) is 14. The van der Waals surface area contributed by atoms with E-state index in [2.05, 4.69) is 29.4 Å². The molecular weight excluding hydrogens is 1170 g/mol. The fraction of sp³-hybridized carbons (Fsp3) is 1.00. The Morgan fingerprint density at radius 2 is 0.221 bits per heavy atom. The van der Waals surface area contributed by atoms with Gasteiger partial charge in [0.2, 0.25) is 0 Å². The first-order chi connectivity index (χ1) is 26.5. The van der Waals surface area contributed by atoms with E-state index < -0.39 is 0 Å². The summed E-state index contributed by atoms with van der Waals surface area (Å²) in [5.74, 6) is 0. The van der Waals surface area contributed by atoms with Gasteiger partial charge in [0.05, 0.1) is 0 Å². The Labute approximate surface area is 504 Å². The van der Waals surface area contributed by atoms with E-state index in [-0.39, 0.29) is 174 Å². The number of nitrogens with two attached hydrogens (primary N) is 8. The molecule has 438 valence electrons. The number of halogens is 14. The van der Waals surface area contributed by atoms with Crippen molar-refractivity contribution < 1.29 is 0 Å². The van der Waals surface area contributed by atoms with Gasteiger partial charge in [-0.05, 0) is 260 Å². The molecule has 0 heterocycles. The zero-order valence-corrected chi connectivity index (χ0v) is 52.7. The third kappa shape index (κ3) is 73.7. The highest BCUT2D eigenvalue weighted by atomic mass is 35.5. The Morgan fingerprint density at radius 3 is 0.324 bits per heavy atom. The number of hydrogen-bond donors (Lipinski definition) is 8. The van der Waals surface area contributed by atoms with E-state index in [0.29, 0.717) is 0 Å². The van der Waals surface area contributed by atoms with Crippen LogP contribution in [-0.2, 0) is 0 Å². The molecule has 0 radical (unpaired) electrons. The number of nitrogens with zero attached hydrogens (tertiary/aromatic N) is 6. The highest BCUT2D eigenvalue weighted by molar-refractivity contribution is 5.87. The van der Waals surface area contributed by atoms with Gasteiger partial charge in [-0.15, -0.1) is 174 Å². The van der Waals surface area contributed by atoms with Crippen molar-refractivity contribution in [3.05, 3.63) is 0 Å². The second-order valence-corrected chi connectivity index (χ2v) is 15.3. The van der Waals surface area contributed by atoms with Crippen LogP contribution >= 0.6 is 174 Å². The zero-order chi connectivity index (χ0) is 39.7. The van der Waals surface area contributed by atoms with Crippen LogP contribution in [0.3, 0.4) is 0 Å². The largest absolute Gasteiger partial charge is 0.330 e. The predicted octanol–water partition coefficient (Wildman–Crippen LogP) is 5.83. The molecule has 0 bridgehead atoms. The van der Waals surface area contributed by atoms with Crippen molar-refractivity contribution in [1.82, 2.24) is 29.4 Å². The van der Waals surface area contributed by atoms with Crippen molar-refractivity contribution >= 4 is 174 Å². The van der Waals surface area contributed by atoms with Gasteiger partial charge in [0.1, 0.15) is 0 Å². The summed E-state index contributed by atoms with van der Waals surface area (Å²) in [6.07, 6.45) is 15.5. The summed E-state index contributed by atoms with van der Waals surface area (Å²) in [5.41, 5.74) is 46.9. The van der Waals surface area contributed by atoms with Gasteiger partial charge in [0, 0.05) is 0 Å². The van der Waals surface area contributed by atoms with Gasteiger partial charge in [-0.2, -0.15) is 0 Å². The lowest BCUT2D eigenvalue weighted by atomic mass is 10.2. The van der Waals surface area contributed by atoms with Crippen LogP contribution in [0.25, 0.3) is 0 Å². The molecule has 28 heteroatoms. The summed E-state index contributed by atoms with van der Waals surface area (Å²) < 4.78 is 0. The lowest BCUT2D eigenvalue weighted by Crippen LogP contribution is -2.36. The van der Waals surface area contributed by atoms with E-state index in [9.17, 15) is 0 Å². The summed E-state index contributed by atoms with van der Waals surface area (Å²) in [4.78, 5) is 15.7. The molecular formula is C40H110Cl14N14. The molecule has 0 fully saturated rings. The van der Waals surface area contributed by atoms with Crippen molar-refractivity contribution in [1.29, 1.82) is 0 Å². The third-order valence-electron chi connectivity index (χ3n) is 10.4. The molecule has 0 unspecified atom stereocenters. The molecule has 16 N–H and O–H groups in total. The summed E-state index contributed by atoms with van der Waals surface area (Å²) in [6.45, 7) is 25.8. The highest BCUT2D eigenvalue weighted by Crippen LogP contribution is 2.08. The van der Waals surface area contributed by atoms with Crippen LogP contribution in [0.4, 0.5) is 0 Å². The minimum Gasteiger partial charge on any atom is -0.330 e. The van der Waals surface area contributed by atoms with E-state index in [0.717, 1.165) is 222 Å². The van der Waals surface area contributed by atoms with Gasteiger partial charge in [-0.25, -0.2) is 0 Å². The van der Waals surface area contributed by atoms with Crippen LogP contribution in [-0.4, -0.2) is 200 Å². The molecule has 0 aliphatic heterocycles. The standard InChI is InChI=1S/C40H96N14.14ClH/c41-15-3-25-51(26-4-16-42)37-11-33-49(34-12-38-52(27-5-17-43)28-6-18-44)23-1-2-24-50(35-13-39-53(29-7-19-45)30-8-20-46)36-14-40-54(31-9-21-47)32-10-22-48;;;;;;;;;;;;;;/h1-48H2;14*1H. The molecule has 0 aliphatic carbocycles. The van der Waals surface area contributed by atoms with Gasteiger partial charge in [0.25, 0.3) is 0 Å². The normalized spacial score (nSPS) is 9.79. The minimum absolute atomic E-state index is 0. The minimum atomic E-state index is 0. The molecule has 68 heavy (non-hydrogen) atoms. The Morgan fingerprint density at radius 1 is 0.132 bits per heavy atom. The van der Waals surface area contributed by atoms with Crippen LogP contribution in [0, 0.1) is 0 Å². The zero-order valence-electron chi connectivity index (χ0n) is 41.3. The lowest BCUT2D eigenvalue weighted by molar-refractivity contribution is 0.190. The van der Waals surface area contributed by atoms with Gasteiger partial charge < -0.3 is 75.3 Å². The molecule has 0 spiro atoms. The van der Waals surface area contributed by atoms with Crippen LogP contribution < -0.4 is 45.9 Å². The molecule has 0 atom stereocenters. The molecule has 0 rings (SSSR count). The summed E-state index contributed by atoms with van der Waals surface area (Å²) in [5, 5.41) is 0. The summed E-state index contributed by atoms with van der Waals surface area (Å²) in [6, 6.07) is 0. The van der Waals surface area contributed by atoms with Gasteiger partial charge in [-0.1, -0.05) is 0 Å². The van der Waals surface area contributed by atoms with Crippen LogP contribution in [0.1, 0.15) is 89.9 Å². The first kappa shape index (κ1) is 111. The van der Waals surface area contributed by atoms with E-state index in [1.165, 1.54) is 38.5 Å². The van der Waals surface area contributed by atoms with Crippen molar-refractivity contribution in [3.63, 3.8) is 0 Å². The smallest absolute Gasteiger partial charge is 0.000653 e. The average molecular weight is 1280 g/mol. The van der Waals surface area contributed by atoms with E-state index in [1.54, 1.807) is 0 Å². The Hall–Kier alpha value is 3.50. The van der Waals surface area contributed by atoms with E-state index >= 15 is 0 Å². The maximum Gasteiger partial charge on any atom is -0.000653 e. The van der Waals surface area contributed by atoms with Gasteiger partial charge in [-0.3, -0.25) is 0 Å². The monoisotopic (exact) mass is 1280 g/mol. The fourth-order valence-corrected chi connectivity index (χ4v) is 7.27. The molecule has 14 nitrogen and oxygen atoms in total. The van der Waals surface area contributed by atoms with E-state index in [4.69, 9.17) is 45.9 Å². The molecule has 0 aliphatic rings. The number of rotatable bonds is 45. The van der Waals surface area contributed by atoms with E-state index in [1.807, 2.05) is 0 Å². The van der Waals surface area contributed by atoms with Gasteiger partial charge >= 0.3 is 0 Å². The van der Waals surface area contributed by atoms with Crippen molar-refractivity contribution in [2.75, 3.05) is 170 Å². The Kier molecular flexibility index (Phi) is 147. The van der Waals surface area contributed by atoms with Gasteiger partial charge in [0.15, 0.2) is 0 Å².